The lowest BCUT2D eigenvalue weighted by molar-refractivity contribution is 0.569. The lowest BCUT2D eigenvalue weighted by atomic mass is 9.33. The van der Waals surface area contributed by atoms with Gasteiger partial charge < -0.3 is 14.7 Å². The van der Waals surface area contributed by atoms with Crippen LogP contribution in [0.1, 0.15) is 58.2 Å². The third-order valence-corrected chi connectivity index (χ3v) is 14.6. The van der Waals surface area contributed by atoms with Crippen LogP contribution in [0.3, 0.4) is 0 Å². The fraction of sp³-hybridized carbons (Fsp3) is 0.143. The van der Waals surface area contributed by atoms with Crippen LogP contribution in [0.15, 0.2) is 206 Å². The van der Waals surface area contributed by atoms with Crippen LogP contribution in [0.5, 0.6) is 0 Å². The number of aryl methyl sites for hydroxylation is 1. The summed E-state index contributed by atoms with van der Waals surface area (Å²) in [5.74, 6) is 0. The van der Waals surface area contributed by atoms with E-state index in [1.165, 1.54) is 94.6 Å². The molecule has 0 aliphatic carbocycles. The zero-order valence-electron chi connectivity index (χ0n) is 40.5. The van der Waals surface area contributed by atoms with Crippen LogP contribution in [-0.4, -0.2) is 17.0 Å². The molecule has 0 aromatic heterocycles. The summed E-state index contributed by atoms with van der Waals surface area (Å²) in [7, 11) is 0.945. The van der Waals surface area contributed by atoms with Crippen molar-refractivity contribution in [2.24, 2.45) is 0 Å². The van der Waals surface area contributed by atoms with Crippen molar-refractivity contribution >= 4 is 89.7 Å². The van der Waals surface area contributed by atoms with Gasteiger partial charge in [-0.3, -0.25) is 0 Å². The normalized spacial score (nSPS) is 13.0. The Labute approximate surface area is 406 Å². The lowest BCUT2D eigenvalue weighted by Gasteiger charge is -2.45. The van der Waals surface area contributed by atoms with Gasteiger partial charge in [0.15, 0.2) is 0 Å². The van der Waals surface area contributed by atoms with E-state index < -0.39 is 0 Å². The Bertz CT molecular complexity index is 3270. The molecule has 11 rings (SSSR count). The summed E-state index contributed by atoms with van der Waals surface area (Å²) in [5, 5.41) is 1.39. The van der Waals surface area contributed by atoms with Gasteiger partial charge in [0.05, 0.1) is 5.69 Å². The Kier molecular flexibility index (Phi) is 10.7. The molecule has 0 radical (unpaired) electrons. The molecule has 2 aliphatic rings. The molecule has 0 bridgehead atoms. The van der Waals surface area contributed by atoms with E-state index in [-0.39, 0.29) is 17.5 Å². The molecule has 9 aromatic rings. The van der Waals surface area contributed by atoms with Crippen LogP contribution in [0, 0.1) is 6.92 Å². The summed E-state index contributed by atoms with van der Waals surface area (Å²) in [6, 6.07) is 77.2. The van der Waals surface area contributed by atoms with E-state index in [4.69, 9.17) is 0 Å². The van der Waals surface area contributed by atoms with Gasteiger partial charge in [-0.1, -0.05) is 174 Å². The molecule has 68 heavy (non-hydrogen) atoms. The SMILES string of the molecule is Cc1cc2c3c(c1)N(c1ccc(-c4ccccc4)cc1-c1ccccc1)c1ccc([SiH3])cc1B3c1ccc(N(c3ccccc3)c3ccccc3)cc1N2c1cc(C(C)(C)C)cc(C(C)(C)C)c1. The third-order valence-electron chi connectivity index (χ3n) is 14.0. The number of anilines is 9. The van der Waals surface area contributed by atoms with Gasteiger partial charge in [-0.25, -0.2) is 0 Å². The minimum atomic E-state index is -0.0701. The molecule has 5 heteroatoms. The summed E-state index contributed by atoms with van der Waals surface area (Å²) in [5.41, 5.74) is 23.1. The highest BCUT2D eigenvalue weighted by Gasteiger charge is 2.44. The molecule has 0 N–H and O–H groups in total. The van der Waals surface area contributed by atoms with Crippen LogP contribution < -0.4 is 36.3 Å². The van der Waals surface area contributed by atoms with Crippen molar-refractivity contribution < 1.29 is 0 Å². The standard InChI is InChI=1S/C63H58BN3Si/c1-42-34-59-61-60(35-42)67(56-32-28-45(43-20-12-8-13-21-43)36-53(56)44-22-14-9-15-23-44)57-33-30-52(68)41-55(57)64(61)54-31-29-50(65(48-24-16-10-17-25-48)49-26-18-11-19-27-49)40-58(54)66(59)51-38-46(62(2,3)4)37-47(39-51)63(5,6)7/h8-41H,1-7,68H3. The summed E-state index contributed by atoms with van der Waals surface area (Å²) >= 11 is 0. The van der Waals surface area contributed by atoms with E-state index in [0.29, 0.717) is 0 Å². The highest BCUT2D eigenvalue weighted by molar-refractivity contribution is 7.00. The first-order valence-electron chi connectivity index (χ1n) is 24.1. The van der Waals surface area contributed by atoms with E-state index in [1.54, 1.807) is 0 Å². The van der Waals surface area contributed by atoms with Gasteiger partial charge in [0.2, 0.25) is 0 Å². The zero-order chi connectivity index (χ0) is 46.9. The van der Waals surface area contributed by atoms with Crippen molar-refractivity contribution in [2.75, 3.05) is 14.7 Å². The van der Waals surface area contributed by atoms with Crippen LogP contribution in [0.2, 0.25) is 0 Å². The zero-order valence-corrected chi connectivity index (χ0v) is 42.5. The molecule has 3 nitrogen and oxygen atoms in total. The third kappa shape index (κ3) is 7.65. The largest absolute Gasteiger partial charge is 0.311 e. The number of fused-ring (bicyclic) bond motifs is 4. The van der Waals surface area contributed by atoms with Crippen LogP contribution in [0.25, 0.3) is 22.3 Å². The van der Waals surface area contributed by atoms with Crippen LogP contribution in [0.4, 0.5) is 51.2 Å². The fourth-order valence-electron chi connectivity index (χ4n) is 10.5. The molecule has 0 atom stereocenters. The Balaban J connectivity index is 1.22. The maximum Gasteiger partial charge on any atom is 0.252 e. The average molecular weight is 896 g/mol. The monoisotopic (exact) mass is 895 g/mol. The number of hydrogen-bond donors (Lipinski definition) is 0. The smallest absolute Gasteiger partial charge is 0.252 e. The molecule has 2 heterocycles. The van der Waals surface area contributed by atoms with Gasteiger partial charge in [-0.05, 0) is 146 Å². The quantitative estimate of drug-likeness (QED) is 0.148. The molecule has 0 fully saturated rings. The predicted octanol–water partition coefficient (Wildman–Crippen LogP) is 13.5. The van der Waals surface area contributed by atoms with Crippen molar-refractivity contribution in [3.8, 4) is 22.3 Å². The van der Waals surface area contributed by atoms with E-state index in [2.05, 4.69) is 269 Å². The summed E-state index contributed by atoms with van der Waals surface area (Å²) in [6.45, 7) is 16.3. The minimum absolute atomic E-state index is 0.000367. The second kappa shape index (κ2) is 16.8. The highest BCUT2D eigenvalue weighted by atomic mass is 28.1. The van der Waals surface area contributed by atoms with Crippen molar-refractivity contribution in [1.82, 2.24) is 0 Å². The number of nitrogens with zero attached hydrogens (tertiary/aromatic N) is 3. The summed E-state index contributed by atoms with van der Waals surface area (Å²) < 4.78 is 0. The Morgan fingerprint density at radius 3 is 1.54 bits per heavy atom. The highest BCUT2D eigenvalue weighted by Crippen LogP contribution is 2.49. The van der Waals surface area contributed by atoms with E-state index >= 15 is 0 Å². The van der Waals surface area contributed by atoms with Crippen molar-refractivity contribution in [1.29, 1.82) is 0 Å². The van der Waals surface area contributed by atoms with E-state index in [0.717, 1.165) is 27.3 Å². The van der Waals surface area contributed by atoms with Gasteiger partial charge in [-0.2, -0.15) is 0 Å². The topological polar surface area (TPSA) is 9.72 Å². The molecular formula is C63H58BN3Si. The number of hydrogen-bond acceptors (Lipinski definition) is 3. The van der Waals surface area contributed by atoms with Crippen LogP contribution >= 0.6 is 0 Å². The van der Waals surface area contributed by atoms with Crippen molar-refractivity contribution in [3.05, 3.63) is 223 Å². The van der Waals surface area contributed by atoms with E-state index in [9.17, 15) is 0 Å². The molecule has 0 saturated heterocycles. The molecule has 0 saturated carbocycles. The molecule has 9 aromatic carbocycles. The van der Waals surface area contributed by atoms with E-state index in [1.807, 2.05) is 0 Å². The minimum Gasteiger partial charge on any atom is -0.311 e. The van der Waals surface area contributed by atoms with Gasteiger partial charge in [0.25, 0.3) is 6.71 Å². The first-order valence-corrected chi connectivity index (χ1v) is 25.1. The first-order chi connectivity index (χ1) is 32.8. The molecule has 332 valence electrons. The maximum atomic E-state index is 2.62. The Morgan fingerprint density at radius 1 is 0.412 bits per heavy atom. The summed E-state index contributed by atoms with van der Waals surface area (Å²) in [6.07, 6.45) is 0. The first kappa shape index (κ1) is 43.2. The maximum absolute atomic E-state index is 2.62. The molecule has 0 unspecified atom stereocenters. The Hall–Kier alpha value is -7.34. The fourth-order valence-corrected chi connectivity index (χ4v) is 11.0. The average Bonchev–Trinajstić information content (AvgIpc) is 3.34. The summed E-state index contributed by atoms with van der Waals surface area (Å²) in [4.78, 5) is 7.61. The molecule has 0 spiro atoms. The van der Waals surface area contributed by atoms with Crippen molar-refractivity contribution in [3.63, 3.8) is 0 Å². The number of benzene rings is 9. The predicted molar refractivity (Wildman–Crippen MR) is 298 cm³/mol. The molecule has 0 amide bonds. The van der Waals surface area contributed by atoms with Gasteiger partial charge in [-0.15, -0.1) is 0 Å². The molecular weight excluding hydrogens is 838 g/mol. The van der Waals surface area contributed by atoms with Gasteiger partial charge >= 0.3 is 0 Å². The number of para-hydroxylation sites is 2. The van der Waals surface area contributed by atoms with Gasteiger partial charge in [0, 0.05) is 61.3 Å². The second-order valence-electron chi connectivity index (χ2n) is 20.9. The lowest BCUT2D eigenvalue weighted by Crippen LogP contribution is -2.62. The number of rotatable bonds is 7. The van der Waals surface area contributed by atoms with Crippen molar-refractivity contribution in [2.45, 2.75) is 59.3 Å². The second-order valence-corrected chi connectivity index (χ2v) is 22.0. The molecule has 2 aliphatic heterocycles. The van der Waals surface area contributed by atoms with Crippen LogP contribution in [-0.2, 0) is 10.8 Å². The van der Waals surface area contributed by atoms with Gasteiger partial charge in [0.1, 0.15) is 0 Å². The Morgan fingerprint density at radius 2 is 0.956 bits per heavy atom.